The molecule has 6 heteroatoms. The Balaban J connectivity index is 4.42. The number of carbonyl (C=O) groups is 3. The summed E-state index contributed by atoms with van der Waals surface area (Å²) in [6.45, 7) is 6.34. The van der Waals surface area contributed by atoms with Crippen molar-refractivity contribution in [3.05, 3.63) is 72.9 Å². The third-order valence-corrected chi connectivity index (χ3v) is 9.77. The van der Waals surface area contributed by atoms with Crippen LogP contribution in [0.2, 0.25) is 0 Å². The first-order valence-corrected chi connectivity index (χ1v) is 23.5. The molecule has 0 bridgehead atoms. The van der Waals surface area contributed by atoms with Crippen molar-refractivity contribution in [2.45, 2.75) is 219 Å². The molecular weight excluding hydrogens is 709 g/mol. The summed E-state index contributed by atoms with van der Waals surface area (Å²) >= 11 is 0. The standard InChI is InChI=1S/C51H86O6/c1-4-7-10-13-16-19-22-24-26-28-29-32-35-38-41-44-50(53)56-47-48(46-55-49(52)43-40-37-34-31-21-18-15-12-9-6-3)57-51(54)45-42-39-36-33-30-27-25-23-20-17-14-11-8-5-2/h7-8,10-11,13,16-17,19-20,22,25,27,48H,4-6,9,12,14-15,18,21,23-24,26,28-47H2,1-3H3/b10-7-,11-8-,16-13-,20-17-,22-19-,27-25-. The molecule has 6 nitrogen and oxygen atoms in total. The number of unbranched alkanes of at least 4 members (excludes halogenated alkanes) is 20. The van der Waals surface area contributed by atoms with Crippen molar-refractivity contribution in [3.8, 4) is 0 Å². The van der Waals surface area contributed by atoms with E-state index in [0.29, 0.717) is 19.3 Å². The molecular formula is C51H86O6. The van der Waals surface area contributed by atoms with Crippen LogP contribution in [-0.2, 0) is 28.6 Å². The van der Waals surface area contributed by atoms with Gasteiger partial charge in [-0.05, 0) is 70.6 Å². The molecule has 1 atom stereocenters. The van der Waals surface area contributed by atoms with Crippen molar-refractivity contribution in [2.24, 2.45) is 0 Å². The van der Waals surface area contributed by atoms with Crippen molar-refractivity contribution in [2.75, 3.05) is 13.2 Å². The molecule has 0 aliphatic rings. The van der Waals surface area contributed by atoms with E-state index in [1.54, 1.807) is 0 Å². The molecule has 0 radical (unpaired) electrons. The summed E-state index contributed by atoms with van der Waals surface area (Å²) < 4.78 is 16.7. The first-order chi connectivity index (χ1) is 28.0. The molecule has 0 saturated carbocycles. The number of esters is 3. The Kier molecular flexibility index (Phi) is 43.0. The largest absolute Gasteiger partial charge is 0.462 e. The molecule has 0 rings (SSSR count). The zero-order valence-electron chi connectivity index (χ0n) is 37.1. The number of ether oxygens (including phenoxy) is 3. The summed E-state index contributed by atoms with van der Waals surface area (Å²) in [4.78, 5) is 37.8. The van der Waals surface area contributed by atoms with Gasteiger partial charge in [-0.25, -0.2) is 0 Å². The average Bonchev–Trinajstić information content (AvgIpc) is 3.21. The maximum Gasteiger partial charge on any atom is 0.306 e. The summed E-state index contributed by atoms with van der Waals surface area (Å²) in [5.41, 5.74) is 0. The second kappa shape index (κ2) is 45.6. The van der Waals surface area contributed by atoms with Crippen LogP contribution in [0.25, 0.3) is 0 Å². The number of hydrogen-bond acceptors (Lipinski definition) is 6. The third-order valence-electron chi connectivity index (χ3n) is 9.77. The smallest absolute Gasteiger partial charge is 0.306 e. The lowest BCUT2D eigenvalue weighted by Gasteiger charge is -2.18. The molecule has 0 heterocycles. The molecule has 326 valence electrons. The van der Waals surface area contributed by atoms with Crippen molar-refractivity contribution < 1.29 is 28.6 Å². The lowest BCUT2D eigenvalue weighted by Crippen LogP contribution is -2.30. The third kappa shape index (κ3) is 43.8. The van der Waals surface area contributed by atoms with Crippen LogP contribution in [0.15, 0.2) is 72.9 Å². The van der Waals surface area contributed by atoms with Gasteiger partial charge in [-0.2, -0.15) is 0 Å². The Labute approximate surface area is 351 Å². The summed E-state index contributed by atoms with van der Waals surface area (Å²) in [5.74, 6) is -0.928. The average molecular weight is 795 g/mol. The van der Waals surface area contributed by atoms with Gasteiger partial charge in [-0.15, -0.1) is 0 Å². The van der Waals surface area contributed by atoms with Crippen molar-refractivity contribution in [1.82, 2.24) is 0 Å². The molecule has 0 aromatic rings. The molecule has 1 unspecified atom stereocenters. The quantitative estimate of drug-likeness (QED) is 0.0202. The molecule has 0 saturated heterocycles. The van der Waals surface area contributed by atoms with Crippen LogP contribution in [0.3, 0.4) is 0 Å². The van der Waals surface area contributed by atoms with Gasteiger partial charge in [-0.1, -0.05) is 196 Å². The van der Waals surface area contributed by atoms with E-state index in [4.69, 9.17) is 14.2 Å². The van der Waals surface area contributed by atoms with E-state index in [-0.39, 0.29) is 31.1 Å². The predicted octanol–water partition coefficient (Wildman–Crippen LogP) is 15.1. The second-order valence-electron chi connectivity index (χ2n) is 15.3. The Hall–Kier alpha value is -3.15. The number of allylic oxidation sites excluding steroid dienone is 12. The highest BCUT2D eigenvalue weighted by Gasteiger charge is 2.19. The van der Waals surface area contributed by atoms with Crippen LogP contribution in [0.5, 0.6) is 0 Å². The molecule has 0 aliphatic heterocycles. The van der Waals surface area contributed by atoms with Gasteiger partial charge in [0.15, 0.2) is 6.10 Å². The van der Waals surface area contributed by atoms with Crippen molar-refractivity contribution in [1.29, 1.82) is 0 Å². The van der Waals surface area contributed by atoms with E-state index in [1.165, 1.54) is 70.6 Å². The summed E-state index contributed by atoms with van der Waals surface area (Å²) in [6, 6.07) is 0. The van der Waals surface area contributed by atoms with E-state index >= 15 is 0 Å². The van der Waals surface area contributed by atoms with Crippen molar-refractivity contribution >= 4 is 17.9 Å². The molecule has 0 N–H and O–H groups in total. The zero-order chi connectivity index (χ0) is 41.5. The van der Waals surface area contributed by atoms with Crippen LogP contribution < -0.4 is 0 Å². The van der Waals surface area contributed by atoms with Gasteiger partial charge in [0.25, 0.3) is 0 Å². The van der Waals surface area contributed by atoms with Crippen LogP contribution >= 0.6 is 0 Å². The summed E-state index contributed by atoms with van der Waals surface area (Å²) in [6.07, 6.45) is 55.9. The second-order valence-corrected chi connectivity index (χ2v) is 15.3. The fraction of sp³-hybridized carbons (Fsp3) is 0.706. The van der Waals surface area contributed by atoms with Gasteiger partial charge >= 0.3 is 17.9 Å². The lowest BCUT2D eigenvalue weighted by atomic mass is 10.1. The minimum atomic E-state index is -0.788. The van der Waals surface area contributed by atoms with Crippen LogP contribution in [0.1, 0.15) is 213 Å². The Morgan fingerprint density at radius 2 is 0.772 bits per heavy atom. The monoisotopic (exact) mass is 795 g/mol. The van der Waals surface area contributed by atoms with Gasteiger partial charge in [0.05, 0.1) is 0 Å². The van der Waals surface area contributed by atoms with Gasteiger partial charge in [0, 0.05) is 19.3 Å². The summed E-state index contributed by atoms with van der Waals surface area (Å²) in [5, 5.41) is 0. The Morgan fingerprint density at radius 3 is 1.26 bits per heavy atom. The van der Waals surface area contributed by atoms with Crippen molar-refractivity contribution in [3.63, 3.8) is 0 Å². The van der Waals surface area contributed by atoms with Crippen LogP contribution in [0.4, 0.5) is 0 Å². The van der Waals surface area contributed by atoms with Gasteiger partial charge in [0.1, 0.15) is 13.2 Å². The minimum Gasteiger partial charge on any atom is -0.462 e. The fourth-order valence-corrected chi connectivity index (χ4v) is 6.28. The van der Waals surface area contributed by atoms with E-state index in [1.807, 2.05) is 0 Å². The Bertz CT molecular complexity index is 1100. The van der Waals surface area contributed by atoms with Crippen LogP contribution in [0, 0.1) is 0 Å². The van der Waals surface area contributed by atoms with Gasteiger partial charge < -0.3 is 14.2 Å². The number of carbonyl (C=O) groups excluding carboxylic acids is 3. The molecule has 0 spiro atoms. The molecule has 57 heavy (non-hydrogen) atoms. The van der Waals surface area contributed by atoms with Crippen LogP contribution in [-0.4, -0.2) is 37.2 Å². The maximum atomic E-state index is 12.7. The first kappa shape index (κ1) is 53.9. The SMILES string of the molecule is CC\C=C/C=C\C=C/CCCCCCCCCC(=O)OCC(COC(=O)CCCCCCCCCCCC)OC(=O)CCCCCC/C=C\C/C=C\C/C=C\CC. The molecule has 0 amide bonds. The molecule has 0 aromatic carbocycles. The lowest BCUT2D eigenvalue weighted by molar-refractivity contribution is -0.167. The molecule has 0 aliphatic carbocycles. The highest BCUT2D eigenvalue weighted by atomic mass is 16.6. The topological polar surface area (TPSA) is 78.9 Å². The molecule has 0 fully saturated rings. The van der Waals surface area contributed by atoms with E-state index in [2.05, 4.69) is 93.7 Å². The summed E-state index contributed by atoms with van der Waals surface area (Å²) in [7, 11) is 0. The highest BCUT2D eigenvalue weighted by Crippen LogP contribution is 2.14. The normalized spacial score (nSPS) is 12.7. The highest BCUT2D eigenvalue weighted by molar-refractivity contribution is 5.71. The minimum absolute atomic E-state index is 0.0879. The molecule has 0 aromatic heterocycles. The van der Waals surface area contributed by atoms with Gasteiger partial charge in [-0.3, -0.25) is 14.4 Å². The number of rotatable bonds is 41. The predicted molar refractivity (Wildman–Crippen MR) is 242 cm³/mol. The Morgan fingerprint density at radius 1 is 0.386 bits per heavy atom. The number of hydrogen-bond donors (Lipinski definition) is 0. The van der Waals surface area contributed by atoms with E-state index < -0.39 is 6.10 Å². The maximum absolute atomic E-state index is 12.7. The fourth-order valence-electron chi connectivity index (χ4n) is 6.28. The first-order valence-electron chi connectivity index (χ1n) is 23.5. The van der Waals surface area contributed by atoms with E-state index in [9.17, 15) is 14.4 Å². The van der Waals surface area contributed by atoms with Gasteiger partial charge in [0.2, 0.25) is 0 Å². The van der Waals surface area contributed by atoms with E-state index in [0.717, 1.165) is 103 Å². The zero-order valence-corrected chi connectivity index (χ0v) is 37.1.